The van der Waals surface area contributed by atoms with E-state index in [4.69, 9.17) is 9.47 Å². The van der Waals surface area contributed by atoms with Crippen LogP contribution in [0.15, 0.2) is 54.9 Å². The van der Waals surface area contributed by atoms with Crippen molar-refractivity contribution in [3.63, 3.8) is 0 Å². The van der Waals surface area contributed by atoms with Crippen LogP contribution in [0.2, 0.25) is 0 Å². The Hall–Kier alpha value is -2.82. The van der Waals surface area contributed by atoms with Gasteiger partial charge < -0.3 is 9.47 Å². The summed E-state index contributed by atoms with van der Waals surface area (Å²) in [6.45, 7) is 0.658. The molecule has 3 rings (SSSR count). The molecule has 0 amide bonds. The Morgan fingerprint density at radius 2 is 1.45 bits per heavy atom. The fraction of sp³-hybridized carbons (Fsp3) is 0.176. The van der Waals surface area contributed by atoms with E-state index in [-0.39, 0.29) is 0 Å². The summed E-state index contributed by atoms with van der Waals surface area (Å²) in [6.07, 6.45) is 1.57. The number of hydrogen-bond donors (Lipinski definition) is 0. The van der Waals surface area contributed by atoms with E-state index in [1.165, 1.54) is 0 Å². The van der Waals surface area contributed by atoms with Crippen molar-refractivity contribution in [1.82, 2.24) is 14.8 Å². The Labute approximate surface area is 129 Å². The van der Waals surface area contributed by atoms with Crippen molar-refractivity contribution in [2.75, 3.05) is 14.2 Å². The van der Waals surface area contributed by atoms with Crippen molar-refractivity contribution in [3.8, 4) is 22.9 Å². The third kappa shape index (κ3) is 2.93. The third-order valence-corrected chi connectivity index (χ3v) is 3.46. The predicted molar refractivity (Wildman–Crippen MR) is 84.1 cm³/mol. The van der Waals surface area contributed by atoms with Gasteiger partial charge in [-0.3, -0.25) is 0 Å². The highest BCUT2D eigenvalue weighted by Crippen LogP contribution is 2.21. The van der Waals surface area contributed by atoms with Gasteiger partial charge in [0.05, 0.1) is 20.8 Å². The van der Waals surface area contributed by atoms with Crippen molar-refractivity contribution in [2.45, 2.75) is 6.54 Å². The summed E-state index contributed by atoms with van der Waals surface area (Å²) >= 11 is 0. The van der Waals surface area contributed by atoms with E-state index in [2.05, 4.69) is 10.1 Å². The second-order valence-electron chi connectivity index (χ2n) is 4.82. The monoisotopic (exact) mass is 295 g/mol. The minimum atomic E-state index is 0.658. The predicted octanol–water partition coefficient (Wildman–Crippen LogP) is 3.01. The number of nitrogens with zero attached hydrogens (tertiary/aromatic N) is 3. The van der Waals surface area contributed by atoms with E-state index in [0.29, 0.717) is 6.54 Å². The molecule has 1 aromatic heterocycles. The van der Waals surface area contributed by atoms with Gasteiger partial charge in [-0.25, -0.2) is 9.67 Å². The van der Waals surface area contributed by atoms with Crippen molar-refractivity contribution >= 4 is 0 Å². The standard InChI is InChI=1S/C17H17N3O2/c1-21-15-7-3-13(4-8-15)11-20-17(18-12-19-20)14-5-9-16(22-2)10-6-14/h3-10,12H,11H2,1-2H3. The van der Waals surface area contributed by atoms with Crippen LogP contribution in [0.25, 0.3) is 11.4 Å². The maximum absolute atomic E-state index is 5.18. The first kappa shape index (κ1) is 14.1. The zero-order valence-corrected chi connectivity index (χ0v) is 12.6. The number of hydrogen-bond acceptors (Lipinski definition) is 4. The molecule has 1 heterocycles. The van der Waals surface area contributed by atoms with E-state index in [9.17, 15) is 0 Å². The lowest BCUT2D eigenvalue weighted by Gasteiger charge is -2.08. The van der Waals surface area contributed by atoms with Gasteiger partial charge in [0, 0.05) is 5.56 Å². The SMILES string of the molecule is COc1ccc(Cn2ncnc2-c2ccc(OC)cc2)cc1. The second kappa shape index (κ2) is 6.30. The average Bonchev–Trinajstić information content (AvgIpc) is 3.04. The highest BCUT2D eigenvalue weighted by Gasteiger charge is 2.08. The van der Waals surface area contributed by atoms with Crippen LogP contribution in [0, 0.1) is 0 Å². The smallest absolute Gasteiger partial charge is 0.158 e. The van der Waals surface area contributed by atoms with Gasteiger partial charge in [-0.2, -0.15) is 5.10 Å². The molecule has 3 aromatic rings. The molecular formula is C17H17N3O2. The lowest BCUT2D eigenvalue weighted by atomic mass is 10.2. The van der Waals surface area contributed by atoms with Gasteiger partial charge in [0.15, 0.2) is 5.82 Å². The quantitative estimate of drug-likeness (QED) is 0.726. The summed E-state index contributed by atoms with van der Waals surface area (Å²) in [5.41, 5.74) is 2.15. The summed E-state index contributed by atoms with van der Waals surface area (Å²) in [5, 5.41) is 4.32. The molecule has 112 valence electrons. The van der Waals surface area contributed by atoms with Gasteiger partial charge in [0.1, 0.15) is 17.8 Å². The summed E-state index contributed by atoms with van der Waals surface area (Å²) in [7, 11) is 3.31. The van der Waals surface area contributed by atoms with Gasteiger partial charge in [-0.05, 0) is 42.0 Å². The Morgan fingerprint density at radius 1 is 0.864 bits per heavy atom. The van der Waals surface area contributed by atoms with Crippen LogP contribution < -0.4 is 9.47 Å². The largest absolute Gasteiger partial charge is 0.497 e. The van der Waals surface area contributed by atoms with Crippen LogP contribution in [-0.4, -0.2) is 29.0 Å². The Kier molecular flexibility index (Phi) is 4.05. The first-order valence-corrected chi connectivity index (χ1v) is 6.95. The van der Waals surface area contributed by atoms with Gasteiger partial charge in [0.25, 0.3) is 0 Å². The zero-order valence-electron chi connectivity index (χ0n) is 12.6. The molecule has 0 unspecified atom stereocenters. The third-order valence-electron chi connectivity index (χ3n) is 3.46. The van der Waals surface area contributed by atoms with E-state index < -0.39 is 0 Å². The molecule has 0 aliphatic heterocycles. The summed E-state index contributed by atoms with van der Waals surface area (Å²) in [4.78, 5) is 4.36. The lowest BCUT2D eigenvalue weighted by Crippen LogP contribution is -2.04. The fourth-order valence-electron chi connectivity index (χ4n) is 2.25. The first-order chi connectivity index (χ1) is 10.8. The maximum atomic E-state index is 5.18. The van der Waals surface area contributed by atoms with Crippen LogP contribution in [0.1, 0.15) is 5.56 Å². The molecular weight excluding hydrogens is 278 g/mol. The number of benzene rings is 2. The zero-order chi connectivity index (χ0) is 15.4. The minimum absolute atomic E-state index is 0.658. The Bertz CT molecular complexity index is 733. The molecule has 0 aliphatic carbocycles. The van der Waals surface area contributed by atoms with Crippen LogP contribution in [0.3, 0.4) is 0 Å². The summed E-state index contributed by atoms with van der Waals surface area (Å²) in [6, 6.07) is 15.7. The van der Waals surface area contributed by atoms with Crippen LogP contribution in [0.4, 0.5) is 0 Å². The molecule has 5 nitrogen and oxygen atoms in total. The van der Waals surface area contributed by atoms with Gasteiger partial charge in [0.2, 0.25) is 0 Å². The topological polar surface area (TPSA) is 49.2 Å². The van der Waals surface area contributed by atoms with Crippen LogP contribution in [0.5, 0.6) is 11.5 Å². The van der Waals surface area contributed by atoms with Crippen molar-refractivity contribution < 1.29 is 9.47 Å². The molecule has 0 saturated carbocycles. The first-order valence-electron chi connectivity index (χ1n) is 6.95. The van der Waals surface area contributed by atoms with E-state index >= 15 is 0 Å². The average molecular weight is 295 g/mol. The van der Waals surface area contributed by atoms with E-state index in [1.54, 1.807) is 20.5 Å². The molecule has 0 radical (unpaired) electrons. The molecule has 2 aromatic carbocycles. The molecule has 0 saturated heterocycles. The lowest BCUT2D eigenvalue weighted by molar-refractivity contribution is 0.414. The molecule has 0 bridgehead atoms. The van der Waals surface area contributed by atoms with E-state index in [0.717, 1.165) is 28.5 Å². The van der Waals surface area contributed by atoms with E-state index in [1.807, 2.05) is 53.2 Å². The Balaban J connectivity index is 1.84. The second-order valence-corrected chi connectivity index (χ2v) is 4.82. The normalized spacial score (nSPS) is 10.5. The summed E-state index contributed by atoms with van der Waals surface area (Å²) < 4.78 is 12.2. The maximum Gasteiger partial charge on any atom is 0.158 e. The molecule has 0 N–H and O–H groups in total. The summed E-state index contributed by atoms with van der Waals surface area (Å²) in [5.74, 6) is 2.50. The van der Waals surface area contributed by atoms with Gasteiger partial charge in [-0.15, -0.1) is 0 Å². The van der Waals surface area contributed by atoms with Crippen LogP contribution in [-0.2, 0) is 6.54 Å². The molecule has 22 heavy (non-hydrogen) atoms. The number of methoxy groups -OCH3 is 2. The van der Waals surface area contributed by atoms with Crippen molar-refractivity contribution in [1.29, 1.82) is 0 Å². The minimum Gasteiger partial charge on any atom is -0.497 e. The Morgan fingerprint density at radius 3 is 2.05 bits per heavy atom. The number of rotatable bonds is 5. The number of aromatic nitrogens is 3. The van der Waals surface area contributed by atoms with Crippen molar-refractivity contribution in [2.24, 2.45) is 0 Å². The highest BCUT2D eigenvalue weighted by atomic mass is 16.5. The highest BCUT2D eigenvalue weighted by molar-refractivity contribution is 5.56. The molecule has 0 atom stereocenters. The fourth-order valence-corrected chi connectivity index (χ4v) is 2.25. The van der Waals surface area contributed by atoms with Crippen LogP contribution >= 0.6 is 0 Å². The number of ether oxygens (including phenoxy) is 2. The van der Waals surface area contributed by atoms with Crippen molar-refractivity contribution in [3.05, 3.63) is 60.4 Å². The van der Waals surface area contributed by atoms with Gasteiger partial charge >= 0.3 is 0 Å². The molecule has 0 spiro atoms. The van der Waals surface area contributed by atoms with Gasteiger partial charge in [-0.1, -0.05) is 12.1 Å². The molecule has 0 aliphatic rings. The molecule has 0 fully saturated rings. The molecule has 5 heteroatoms.